The Bertz CT molecular complexity index is 577. The number of hydrogen-bond acceptors (Lipinski definition) is 2. The number of nitrogens with one attached hydrogen (secondary N) is 1. The Morgan fingerprint density at radius 2 is 1.78 bits per heavy atom. The van der Waals surface area contributed by atoms with Gasteiger partial charge in [-0.3, -0.25) is 0 Å². The summed E-state index contributed by atoms with van der Waals surface area (Å²) in [6, 6.07) is 3.62. The molecule has 1 unspecified atom stereocenters. The van der Waals surface area contributed by atoms with E-state index in [1.54, 1.807) is 6.07 Å². The maximum atomic E-state index is 6.17. The predicted octanol–water partition coefficient (Wildman–Crippen LogP) is 5.31. The topological polar surface area (TPSA) is 25.2 Å². The zero-order valence-corrected chi connectivity index (χ0v) is 12.6. The molecule has 18 heavy (non-hydrogen) atoms. The van der Waals surface area contributed by atoms with Crippen molar-refractivity contribution in [1.29, 1.82) is 0 Å². The fourth-order valence-electron chi connectivity index (χ4n) is 2.08. The molecular formula is C13H14Cl3NO. The molecule has 1 heterocycles. The van der Waals surface area contributed by atoms with Crippen molar-refractivity contribution in [2.75, 3.05) is 7.05 Å². The number of fused-ring (bicyclic) bond motifs is 1. The Balaban J connectivity index is 2.63. The average Bonchev–Trinajstić information content (AvgIpc) is 2.72. The summed E-state index contributed by atoms with van der Waals surface area (Å²) in [6.45, 7) is 4.23. The summed E-state index contributed by atoms with van der Waals surface area (Å²) < 4.78 is 5.81. The number of rotatable bonds is 3. The first-order valence-electron chi connectivity index (χ1n) is 5.70. The molecule has 0 aliphatic heterocycles. The van der Waals surface area contributed by atoms with Crippen LogP contribution in [-0.2, 0) is 0 Å². The van der Waals surface area contributed by atoms with Gasteiger partial charge >= 0.3 is 0 Å². The lowest BCUT2D eigenvalue weighted by atomic mass is 10.0. The lowest BCUT2D eigenvalue weighted by Crippen LogP contribution is -2.20. The summed E-state index contributed by atoms with van der Waals surface area (Å²) >= 11 is 18.3. The van der Waals surface area contributed by atoms with Crippen molar-refractivity contribution in [2.45, 2.75) is 19.9 Å². The molecule has 0 saturated carbocycles. The van der Waals surface area contributed by atoms with Crippen molar-refractivity contribution in [3.63, 3.8) is 0 Å². The standard InChI is InChI=1S/C13H14Cl3NO/c1-6(2)12(17-3)10-4-7-11(16)8(14)5-9(15)13(7)18-10/h4-6,12,17H,1-3H3. The van der Waals surface area contributed by atoms with Gasteiger partial charge in [-0.15, -0.1) is 0 Å². The van der Waals surface area contributed by atoms with E-state index in [1.165, 1.54) is 0 Å². The zero-order chi connectivity index (χ0) is 13.4. The summed E-state index contributed by atoms with van der Waals surface area (Å²) in [7, 11) is 1.90. The summed E-state index contributed by atoms with van der Waals surface area (Å²) in [5.41, 5.74) is 0.585. The van der Waals surface area contributed by atoms with Crippen LogP contribution < -0.4 is 5.32 Å². The van der Waals surface area contributed by atoms with Crippen LogP contribution >= 0.6 is 34.8 Å². The molecular weight excluding hydrogens is 293 g/mol. The fraction of sp³-hybridized carbons (Fsp3) is 0.385. The molecule has 0 bridgehead atoms. The first kappa shape index (κ1) is 14.0. The van der Waals surface area contributed by atoms with Gasteiger partial charge in [0.1, 0.15) is 5.76 Å². The SMILES string of the molecule is CNC(c1cc2c(Cl)c(Cl)cc(Cl)c2o1)C(C)C. The zero-order valence-electron chi connectivity index (χ0n) is 10.4. The second-order valence-corrected chi connectivity index (χ2v) is 5.75. The van der Waals surface area contributed by atoms with Crippen molar-refractivity contribution >= 4 is 45.8 Å². The lowest BCUT2D eigenvalue weighted by molar-refractivity contribution is 0.371. The smallest absolute Gasteiger partial charge is 0.154 e. The Morgan fingerprint density at radius 3 is 2.33 bits per heavy atom. The molecule has 1 aromatic carbocycles. The summed E-state index contributed by atoms with van der Waals surface area (Å²) in [4.78, 5) is 0. The van der Waals surface area contributed by atoms with Gasteiger partial charge in [0, 0.05) is 5.39 Å². The van der Waals surface area contributed by atoms with E-state index in [-0.39, 0.29) is 6.04 Å². The highest BCUT2D eigenvalue weighted by Gasteiger charge is 2.21. The first-order chi connectivity index (χ1) is 8.45. The summed E-state index contributed by atoms with van der Waals surface area (Å²) in [6.07, 6.45) is 0. The van der Waals surface area contributed by atoms with Gasteiger partial charge in [0.15, 0.2) is 5.58 Å². The molecule has 0 amide bonds. The van der Waals surface area contributed by atoms with Crippen molar-refractivity contribution < 1.29 is 4.42 Å². The molecule has 1 aromatic heterocycles. The maximum absolute atomic E-state index is 6.17. The van der Waals surface area contributed by atoms with Crippen molar-refractivity contribution in [1.82, 2.24) is 5.32 Å². The third-order valence-corrected chi connectivity index (χ3v) is 4.03. The van der Waals surface area contributed by atoms with Crippen molar-refractivity contribution in [3.8, 4) is 0 Å². The summed E-state index contributed by atoms with van der Waals surface area (Å²) in [5, 5.41) is 5.36. The number of furan rings is 1. The third-order valence-electron chi connectivity index (χ3n) is 2.95. The highest BCUT2D eigenvalue weighted by Crippen LogP contribution is 2.39. The van der Waals surface area contributed by atoms with Crippen LogP contribution in [0.2, 0.25) is 15.1 Å². The Labute approximate surface area is 121 Å². The maximum Gasteiger partial charge on any atom is 0.154 e. The second kappa shape index (κ2) is 5.30. The first-order valence-corrected chi connectivity index (χ1v) is 6.83. The van der Waals surface area contributed by atoms with Crippen LogP contribution in [0.3, 0.4) is 0 Å². The fourth-order valence-corrected chi connectivity index (χ4v) is 2.79. The normalized spacial score (nSPS) is 13.5. The molecule has 0 aliphatic carbocycles. The molecule has 2 nitrogen and oxygen atoms in total. The van der Waals surface area contributed by atoms with E-state index in [0.717, 1.165) is 11.1 Å². The largest absolute Gasteiger partial charge is 0.458 e. The minimum atomic E-state index is 0.114. The average molecular weight is 307 g/mol. The molecule has 2 aromatic rings. The lowest BCUT2D eigenvalue weighted by Gasteiger charge is -2.17. The van der Waals surface area contributed by atoms with Gasteiger partial charge in [-0.2, -0.15) is 0 Å². The van der Waals surface area contributed by atoms with Crippen LogP contribution in [0.1, 0.15) is 25.6 Å². The van der Waals surface area contributed by atoms with E-state index in [9.17, 15) is 0 Å². The van der Waals surface area contributed by atoms with Crippen LogP contribution in [-0.4, -0.2) is 7.05 Å². The number of halogens is 3. The molecule has 0 spiro atoms. The van der Waals surface area contributed by atoms with Crippen LogP contribution in [0.4, 0.5) is 0 Å². The number of benzene rings is 1. The molecule has 2 rings (SSSR count). The van der Waals surface area contributed by atoms with E-state index in [0.29, 0.717) is 26.6 Å². The van der Waals surface area contributed by atoms with Gasteiger partial charge < -0.3 is 9.73 Å². The Morgan fingerprint density at radius 1 is 1.11 bits per heavy atom. The van der Waals surface area contributed by atoms with Gasteiger partial charge in [0.05, 0.1) is 21.1 Å². The van der Waals surface area contributed by atoms with Gasteiger partial charge in [-0.25, -0.2) is 0 Å². The second-order valence-electron chi connectivity index (χ2n) is 4.56. The minimum absolute atomic E-state index is 0.114. The molecule has 98 valence electrons. The van der Waals surface area contributed by atoms with Crippen LogP contribution in [0, 0.1) is 5.92 Å². The highest BCUT2D eigenvalue weighted by molar-refractivity contribution is 6.47. The van der Waals surface area contributed by atoms with Gasteiger partial charge in [-0.05, 0) is 25.1 Å². The van der Waals surface area contributed by atoms with E-state index in [4.69, 9.17) is 39.2 Å². The van der Waals surface area contributed by atoms with Crippen LogP contribution in [0.25, 0.3) is 11.0 Å². The van der Waals surface area contributed by atoms with Crippen LogP contribution in [0.15, 0.2) is 16.5 Å². The Hall–Kier alpha value is -0.410. The third kappa shape index (κ3) is 2.35. The highest BCUT2D eigenvalue weighted by atomic mass is 35.5. The molecule has 0 fully saturated rings. The monoisotopic (exact) mass is 305 g/mol. The van der Waals surface area contributed by atoms with Gasteiger partial charge in [0.25, 0.3) is 0 Å². The molecule has 0 saturated heterocycles. The van der Waals surface area contributed by atoms with Gasteiger partial charge in [0.2, 0.25) is 0 Å². The van der Waals surface area contributed by atoms with Crippen molar-refractivity contribution in [2.24, 2.45) is 5.92 Å². The van der Waals surface area contributed by atoms with E-state index >= 15 is 0 Å². The molecule has 0 radical (unpaired) electrons. The van der Waals surface area contributed by atoms with E-state index in [2.05, 4.69) is 19.2 Å². The molecule has 1 atom stereocenters. The molecule has 1 N–H and O–H groups in total. The summed E-state index contributed by atoms with van der Waals surface area (Å²) in [5.74, 6) is 1.21. The van der Waals surface area contributed by atoms with Crippen molar-refractivity contribution in [3.05, 3.63) is 33.0 Å². The quantitative estimate of drug-likeness (QED) is 0.777. The van der Waals surface area contributed by atoms with Gasteiger partial charge in [-0.1, -0.05) is 48.7 Å². The van der Waals surface area contributed by atoms with E-state index < -0.39 is 0 Å². The van der Waals surface area contributed by atoms with Crippen LogP contribution in [0.5, 0.6) is 0 Å². The molecule has 5 heteroatoms. The minimum Gasteiger partial charge on any atom is -0.458 e. The predicted molar refractivity (Wildman–Crippen MR) is 77.9 cm³/mol. The Kier molecular flexibility index (Phi) is 4.12. The molecule has 0 aliphatic rings. The number of hydrogen-bond donors (Lipinski definition) is 1. The van der Waals surface area contributed by atoms with E-state index in [1.807, 2.05) is 13.1 Å².